The predicted molar refractivity (Wildman–Crippen MR) is 121 cm³/mol. The van der Waals surface area contributed by atoms with Gasteiger partial charge >= 0.3 is 0 Å². The van der Waals surface area contributed by atoms with Crippen LogP contribution < -0.4 is 16.0 Å². The van der Waals surface area contributed by atoms with E-state index in [1.54, 1.807) is 0 Å². The fourth-order valence-corrected chi connectivity index (χ4v) is 3.61. The normalized spacial score (nSPS) is 21.3. The Labute approximate surface area is 185 Å². The predicted octanol–water partition coefficient (Wildman–Crippen LogP) is 2.30. The van der Waals surface area contributed by atoms with Crippen molar-refractivity contribution in [2.24, 2.45) is 10.9 Å². The summed E-state index contributed by atoms with van der Waals surface area (Å²) in [5.74, 6) is 1.26. The van der Waals surface area contributed by atoms with Gasteiger partial charge in [-0.25, -0.2) is 4.99 Å². The minimum atomic E-state index is -0.332. The number of carbonyl (C=O) groups is 1. The van der Waals surface area contributed by atoms with Gasteiger partial charge in [-0.2, -0.15) is 0 Å². The maximum Gasteiger partial charge on any atom is 0.253 e. The Kier molecular flexibility index (Phi) is 10.1. The van der Waals surface area contributed by atoms with Gasteiger partial charge in [0.1, 0.15) is 6.10 Å². The molecule has 1 amide bonds. The molecule has 2 atom stereocenters. The van der Waals surface area contributed by atoms with Gasteiger partial charge in [0.2, 0.25) is 0 Å². The van der Waals surface area contributed by atoms with E-state index in [1.165, 1.54) is 0 Å². The number of guanidine groups is 1. The van der Waals surface area contributed by atoms with Crippen LogP contribution in [0.5, 0.6) is 0 Å². The van der Waals surface area contributed by atoms with Crippen LogP contribution in [0.25, 0.3) is 0 Å². The van der Waals surface area contributed by atoms with Gasteiger partial charge in [0.25, 0.3) is 5.91 Å². The minimum absolute atomic E-state index is 0.0733. The molecule has 2 unspecified atom stereocenters. The smallest absolute Gasteiger partial charge is 0.253 e. The molecule has 2 saturated heterocycles. The second-order valence-corrected chi connectivity index (χ2v) is 7.97. The molecule has 8 heteroatoms. The van der Waals surface area contributed by atoms with Crippen molar-refractivity contribution in [2.75, 3.05) is 51.4 Å². The van der Waals surface area contributed by atoms with E-state index in [0.29, 0.717) is 19.1 Å². The number of nitrogens with one attached hydrogen (secondary N) is 3. The van der Waals surface area contributed by atoms with Crippen LogP contribution in [0.3, 0.4) is 0 Å². The first-order valence-electron chi connectivity index (χ1n) is 11.4. The zero-order chi connectivity index (χ0) is 21.7. The number of carbonyl (C=O) groups excluding carboxylic acids is 1. The molecule has 2 heterocycles. The summed E-state index contributed by atoms with van der Waals surface area (Å²) in [6.45, 7) is 8.03. The summed E-state index contributed by atoms with van der Waals surface area (Å²) in [6, 6.07) is 7.79. The Morgan fingerprint density at radius 1 is 1.26 bits per heavy atom. The quantitative estimate of drug-likeness (QED) is 0.282. The summed E-state index contributed by atoms with van der Waals surface area (Å²) < 4.78 is 16.6. The lowest BCUT2D eigenvalue weighted by Crippen LogP contribution is -2.38. The molecular formula is C23H36N4O4. The number of hydrogen-bond donors (Lipinski definition) is 3. The molecule has 172 valence electrons. The van der Waals surface area contributed by atoms with Crippen molar-refractivity contribution in [1.82, 2.24) is 10.6 Å². The summed E-state index contributed by atoms with van der Waals surface area (Å²) in [5.41, 5.74) is 1.81. The molecule has 2 fully saturated rings. The number of hydrogen-bond acceptors (Lipinski definition) is 5. The molecule has 0 aromatic heterocycles. The van der Waals surface area contributed by atoms with E-state index in [9.17, 15) is 4.79 Å². The van der Waals surface area contributed by atoms with Gasteiger partial charge in [-0.3, -0.25) is 4.79 Å². The first-order chi connectivity index (χ1) is 15.2. The summed E-state index contributed by atoms with van der Waals surface area (Å²) in [6.07, 6.45) is 3.42. The molecular weight excluding hydrogens is 396 g/mol. The van der Waals surface area contributed by atoms with Crippen molar-refractivity contribution in [3.05, 3.63) is 29.8 Å². The van der Waals surface area contributed by atoms with Gasteiger partial charge in [0, 0.05) is 44.5 Å². The van der Waals surface area contributed by atoms with Crippen LogP contribution in [0.1, 0.15) is 38.2 Å². The lowest BCUT2D eigenvalue weighted by atomic mass is 10.1. The second kappa shape index (κ2) is 13.3. The standard InChI is InChI=1S/C23H36N4O4/c1-2-24-23(25-10-5-11-29-16-19-9-13-30-17-19)26-15-18-6-3-7-20(14-18)27-22(28)21-8-4-12-31-21/h3,6-7,14,19,21H,2,4-5,8-13,15-17H2,1H3,(H,27,28)(H2,24,25,26). The van der Waals surface area contributed by atoms with Crippen LogP contribution in [0.15, 0.2) is 29.3 Å². The van der Waals surface area contributed by atoms with Gasteiger partial charge in [-0.05, 0) is 50.3 Å². The highest BCUT2D eigenvalue weighted by atomic mass is 16.5. The Balaban J connectivity index is 1.39. The van der Waals surface area contributed by atoms with Crippen LogP contribution >= 0.6 is 0 Å². The monoisotopic (exact) mass is 432 g/mol. The van der Waals surface area contributed by atoms with Crippen LogP contribution in [0, 0.1) is 5.92 Å². The minimum Gasteiger partial charge on any atom is -0.381 e. The molecule has 0 spiro atoms. The summed E-state index contributed by atoms with van der Waals surface area (Å²) in [7, 11) is 0. The lowest BCUT2D eigenvalue weighted by molar-refractivity contribution is -0.124. The lowest BCUT2D eigenvalue weighted by Gasteiger charge is -2.13. The molecule has 31 heavy (non-hydrogen) atoms. The Hall–Kier alpha value is -2.16. The van der Waals surface area contributed by atoms with Gasteiger partial charge < -0.3 is 30.2 Å². The maximum atomic E-state index is 12.2. The highest BCUT2D eigenvalue weighted by Gasteiger charge is 2.23. The maximum absolute atomic E-state index is 12.2. The first kappa shape index (κ1) is 23.5. The first-order valence-corrected chi connectivity index (χ1v) is 11.4. The summed E-state index contributed by atoms with van der Waals surface area (Å²) >= 11 is 0. The van der Waals surface area contributed by atoms with Crippen molar-refractivity contribution in [3.8, 4) is 0 Å². The number of amides is 1. The van der Waals surface area contributed by atoms with Crippen LogP contribution in [0.4, 0.5) is 5.69 Å². The van der Waals surface area contributed by atoms with E-state index in [2.05, 4.69) is 20.9 Å². The van der Waals surface area contributed by atoms with Crippen molar-refractivity contribution >= 4 is 17.6 Å². The molecule has 8 nitrogen and oxygen atoms in total. The Bertz CT molecular complexity index is 701. The third kappa shape index (κ3) is 8.47. The Morgan fingerprint density at radius 3 is 2.97 bits per heavy atom. The van der Waals surface area contributed by atoms with Gasteiger partial charge in [0.15, 0.2) is 5.96 Å². The number of aliphatic imine (C=N–C) groups is 1. The van der Waals surface area contributed by atoms with Crippen LogP contribution in [-0.2, 0) is 25.5 Å². The molecule has 1 aromatic carbocycles. The van der Waals surface area contributed by atoms with E-state index >= 15 is 0 Å². The molecule has 0 bridgehead atoms. The van der Waals surface area contributed by atoms with Crippen LogP contribution in [-0.4, -0.2) is 64.1 Å². The molecule has 2 aliphatic rings. The average molecular weight is 433 g/mol. The van der Waals surface area contributed by atoms with Crippen molar-refractivity contribution < 1.29 is 19.0 Å². The van der Waals surface area contributed by atoms with E-state index in [0.717, 1.165) is 82.4 Å². The molecule has 0 saturated carbocycles. The highest BCUT2D eigenvalue weighted by Crippen LogP contribution is 2.16. The fourth-order valence-electron chi connectivity index (χ4n) is 3.61. The number of rotatable bonds is 11. The third-order valence-electron chi connectivity index (χ3n) is 5.32. The number of benzene rings is 1. The largest absolute Gasteiger partial charge is 0.381 e. The van der Waals surface area contributed by atoms with Gasteiger partial charge in [-0.15, -0.1) is 0 Å². The number of ether oxygens (including phenoxy) is 3. The average Bonchev–Trinajstić information content (AvgIpc) is 3.49. The summed E-state index contributed by atoms with van der Waals surface area (Å²) in [5, 5.41) is 9.56. The van der Waals surface area contributed by atoms with E-state index in [1.807, 2.05) is 31.2 Å². The Morgan fingerprint density at radius 2 is 2.19 bits per heavy atom. The zero-order valence-electron chi connectivity index (χ0n) is 18.5. The van der Waals surface area contributed by atoms with E-state index in [-0.39, 0.29) is 12.0 Å². The van der Waals surface area contributed by atoms with E-state index < -0.39 is 0 Å². The van der Waals surface area contributed by atoms with Crippen molar-refractivity contribution in [2.45, 2.75) is 45.3 Å². The SMILES string of the molecule is CCNC(=NCc1cccc(NC(=O)C2CCCO2)c1)NCCCOCC1CCOC1. The van der Waals surface area contributed by atoms with Crippen molar-refractivity contribution in [3.63, 3.8) is 0 Å². The topological polar surface area (TPSA) is 93.2 Å². The molecule has 0 radical (unpaired) electrons. The number of anilines is 1. The molecule has 0 aliphatic carbocycles. The zero-order valence-corrected chi connectivity index (χ0v) is 18.5. The molecule has 1 aromatic rings. The van der Waals surface area contributed by atoms with Crippen LogP contribution in [0.2, 0.25) is 0 Å². The van der Waals surface area contributed by atoms with E-state index in [4.69, 9.17) is 14.2 Å². The molecule has 3 N–H and O–H groups in total. The molecule has 3 rings (SSSR count). The van der Waals surface area contributed by atoms with Gasteiger partial charge in [0.05, 0.1) is 19.8 Å². The number of nitrogens with zero attached hydrogens (tertiary/aromatic N) is 1. The third-order valence-corrected chi connectivity index (χ3v) is 5.32. The highest BCUT2D eigenvalue weighted by molar-refractivity contribution is 5.94. The fraction of sp³-hybridized carbons (Fsp3) is 0.652. The summed E-state index contributed by atoms with van der Waals surface area (Å²) in [4.78, 5) is 16.9. The van der Waals surface area contributed by atoms with Gasteiger partial charge in [-0.1, -0.05) is 12.1 Å². The van der Waals surface area contributed by atoms with Crippen molar-refractivity contribution in [1.29, 1.82) is 0 Å². The second-order valence-electron chi connectivity index (χ2n) is 7.97. The molecule has 2 aliphatic heterocycles.